The molecule has 2 heterocycles. The minimum absolute atomic E-state index is 0.0287. The zero-order chi connectivity index (χ0) is 15.7. The van der Waals surface area contributed by atoms with Crippen LogP contribution in [0.5, 0.6) is 0 Å². The summed E-state index contributed by atoms with van der Waals surface area (Å²) in [7, 11) is 1.32. The first-order valence-electron chi connectivity index (χ1n) is 6.69. The number of nitrogens with zero attached hydrogens (tertiary/aromatic N) is 4. The molecule has 0 saturated heterocycles. The van der Waals surface area contributed by atoms with Gasteiger partial charge in [-0.05, 0) is 6.92 Å². The number of carbonyl (C=O) groups is 1. The smallest absolute Gasteiger partial charge is 0.325 e. The van der Waals surface area contributed by atoms with Crippen LogP contribution in [0, 0.1) is 6.92 Å². The molecule has 0 amide bonds. The monoisotopic (exact) mass is 298 g/mol. The van der Waals surface area contributed by atoms with Crippen molar-refractivity contribution >= 4 is 11.7 Å². The van der Waals surface area contributed by atoms with E-state index in [1.54, 1.807) is 11.5 Å². The molecular weight excluding hydrogens is 284 g/mol. The van der Waals surface area contributed by atoms with Crippen LogP contribution in [-0.4, -0.2) is 32.2 Å². The molecule has 22 heavy (non-hydrogen) atoms. The van der Waals surface area contributed by atoms with Crippen molar-refractivity contribution in [1.82, 2.24) is 19.2 Å². The molecule has 0 spiro atoms. The number of fused-ring (bicyclic) bond motifs is 1. The molecule has 0 N–H and O–H groups in total. The molecule has 0 atom stereocenters. The number of methoxy groups -OCH3 is 1. The molecule has 0 unspecified atom stereocenters. The number of aromatic nitrogens is 4. The van der Waals surface area contributed by atoms with Gasteiger partial charge in [0.05, 0.1) is 7.11 Å². The van der Waals surface area contributed by atoms with Crippen LogP contribution >= 0.6 is 0 Å². The summed E-state index contributed by atoms with van der Waals surface area (Å²) in [5, 5.41) is 4.24. The van der Waals surface area contributed by atoms with Crippen LogP contribution in [0.3, 0.4) is 0 Å². The molecule has 3 rings (SSSR count). The number of benzene rings is 1. The summed E-state index contributed by atoms with van der Waals surface area (Å²) >= 11 is 0. The second-order valence-electron chi connectivity index (χ2n) is 4.80. The minimum atomic E-state index is -0.419. The molecule has 0 bridgehead atoms. The van der Waals surface area contributed by atoms with Gasteiger partial charge in [-0.2, -0.15) is 9.50 Å². The van der Waals surface area contributed by atoms with Gasteiger partial charge in [-0.15, -0.1) is 5.10 Å². The summed E-state index contributed by atoms with van der Waals surface area (Å²) in [6.07, 6.45) is 0. The number of esters is 1. The zero-order valence-corrected chi connectivity index (χ0v) is 12.2. The molecule has 0 saturated carbocycles. The molecule has 7 nitrogen and oxygen atoms in total. The van der Waals surface area contributed by atoms with Crippen molar-refractivity contribution in [3.05, 3.63) is 52.4 Å². The summed E-state index contributed by atoms with van der Waals surface area (Å²) in [4.78, 5) is 28.0. The second-order valence-corrected chi connectivity index (χ2v) is 4.80. The standard InChI is InChI=1S/C15H14N4O3/c1-10-8-12(20)19-15(18(10)9-13(21)22-2)16-14(17-19)11-6-4-3-5-7-11/h3-8H,9H2,1-2H3. The summed E-state index contributed by atoms with van der Waals surface area (Å²) in [5.74, 6) is 0.328. The molecule has 112 valence electrons. The Bertz CT molecular complexity index is 896. The van der Waals surface area contributed by atoms with Gasteiger partial charge in [-0.25, -0.2) is 0 Å². The number of hydrogen-bond acceptors (Lipinski definition) is 5. The maximum absolute atomic E-state index is 12.1. The van der Waals surface area contributed by atoms with E-state index in [4.69, 9.17) is 0 Å². The van der Waals surface area contributed by atoms with Crippen molar-refractivity contribution in [3.8, 4) is 11.4 Å². The van der Waals surface area contributed by atoms with Gasteiger partial charge in [-0.1, -0.05) is 30.3 Å². The Hall–Kier alpha value is -2.96. The van der Waals surface area contributed by atoms with E-state index in [1.165, 1.54) is 17.7 Å². The lowest BCUT2D eigenvalue weighted by molar-refractivity contribution is -0.141. The lowest BCUT2D eigenvalue weighted by Crippen LogP contribution is -2.23. The Morgan fingerprint density at radius 3 is 2.68 bits per heavy atom. The van der Waals surface area contributed by atoms with Crippen molar-refractivity contribution in [1.29, 1.82) is 0 Å². The average Bonchev–Trinajstić information content (AvgIpc) is 2.97. The van der Waals surface area contributed by atoms with Crippen LogP contribution in [0.1, 0.15) is 5.69 Å². The van der Waals surface area contributed by atoms with E-state index in [9.17, 15) is 9.59 Å². The Balaban J connectivity index is 2.22. The quantitative estimate of drug-likeness (QED) is 0.675. The van der Waals surface area contributed by atoms with E-state index in [-0.39, 0.29) is 12.1 Å². The Kier molecular flexibility index (Phi) is 3.46. The largest absolute Gasteiger partial charge is 0.468 e. The summed E-state index contributed by atoms with van der Waals surface area (Å²) in [5.41, 5.74) is 1.13. The van der Waals surface area contributed by atoms with Crippen molar-refractivity contribution in [2.75, 3.05) is 7.11 Å². The molecule has 0 aliphatic carbocycles. The van der Waals surface area contributed by atoms with Crippen LogP contribution in [0.25, 0.3) is 17.2 Å². The van der Waals surface area contributed by atoms with Gasteiger partial charge in [0.1, 0.15) is 6.54 Å². The SMILES string of the molecule is COC(=O)Cn1c(C)cc(=O)n2nc(-c3ccccc3)nc12. The van der Waals surface area contributed by atoms with Crippen LogP contribution in [0.4, 0.5) is 0 Å². The highest BCUT2D eigenvalue weighted by Gasteiger charge is 2.15. The second kappa shape index (κ2) is 5.44. The van der Waals surface area contributed by atoms with Gasteiger partial charge < -0.3 is 9.30 Å². The fourth-order valence-electron chi connectivity index (χ4n) is 2.20. The van der Waals surface area contributed by atoms with Gasteiger partial charge in [0.25, 0.3) is 5.56 Å². The summed E-state index contributed by atoms with van der Waals surface area (Å²) < 4.78 is 7.48. The normalized spacial score (nSPS) is 10.8. The van der Waals surface area contributed by atoms with E-state index in [1.807, 2.05) is 30.3 Å². The van der Waals surface area contributed by atoms with Crippen molar-refractivity contribution in [2.45, 2.75) is 13.5 Å². The summed E-state index contributed by atoms with van der Waals surface area (Å²) in [6, 6.07) is 10.8. The highest BCUT2D eigenvalue weighted by molar-refractivity contribution is 5.70. The predicted molar refractivity (Wildman–Crippen MR) is 79.4 cm³/mol. The molecule has 0 radical (unpaired) electrons. The zero-order valence-electron chi connectivity index (χ0n) is 12.2. The van der Waals surface area contributed by atoms with Gasteiger partial charge in [0.15, 0.2) is 5.82 Å². The first-order valence-corrected chi connectivity index (χ1v) is 6.69. The van der Waals surface area contributed by atoms with E-state index in [2.05, 4.69) is 14.8 Å². The highest BCUT2D eigenvalue weighted by atomic mass is 16.5. The maximum atomic E-state index is 12.1. The molecule has 0 fully saturated rings. The minimum Gasteiger partial charge on any atom is -0.468 e. The first kappa shape index (κ1) is 14.0. The molecule has 0 aliphatic rings. The molecule has 0 aliphatic heterocycles. The molecule has 7 heteroatoms. The lowest BCUT2D eigenvalue weighted by Gasteiger charge is -2.09. The van der Waals surface area contributed by atoms with E-state index in [0.29, 0.717) is 17.3 Å². The summed E-state index contributed by atoms with van der Waals surface area (Å²) in [6.45, 7) is 1.71. The van der Waals surface area contributed by atoms with E-state index >= 15 is 0 Å². The predicted octanol–water partition coefficient (Wildman–Crippen LogP) is 1.04. The third-order valence-electron chi connectivity index (χ3n) is 3.35. The molecule has 2 aromatic heterocycles. The lowest BCUT2D eigenvalue weighted by atomic mass is 10.2. The van der Waals surface area contributed by atoms with Crippen molar-refractivity contribution in [3.63, 3.8) is 0 Å². The number of aryl methyl sites for hydroxylation is 1. The van der Waals surface area contributed by atoms with Crippen molar-refractivity contribution in [2.24, 2.45) is 0 Å². The molecule has 1 aromatic carbocycles. The number of carbonyl (C=O) groups excluding carboxylic acids is 1. The number of ether oxygens (including phenoxy) is 1. The van der Waals surface area contributed by atoms with Crippen LogP contribution in [0.2, 0.25) is 0 Å². The van der Waals surface area contributed by atoms with Gasteiger partial charge in [0, 0.05) is 17.3 Å². The third-order valence-corrected chi connectivity index (χ3v) is 3.35. The van der Waals surface area contributed by atoms with Crippen LogP contribution < -0.4 is 5.56 Å². The highest BCUT2D eigenvalue weighted by Crippen LogP contribution is 2.15. The molecular formula is C15H14N4O3. The Morgan fingerprint density at radius 2 is 2.00 bits per heavy atom. The van der Waals surface area contributed by atoms with E-state index in [0.717, 1.165) is 5.56 Å². The van der Waals surface area contributed by atoms with Crippen LogP contribution in [0.15, 0.2) is 41.2 Å². The fourth-order valence-corrected chi connectivity index (χ4v) is 2.20. The third kappa shape index (κ3) is 2.37. The van der Waals surface area contributed by atoms with Gasteiger partial charge >= 0.3 is 5.97 Å². The van der Waals surface area contributed by atoms with Crippen LogP contribution in [-0.2, 0) is 16.1 Å². The van der Waals surface area contributed by atoms with Crippen molar-refractivity contribution < 1.29 is 9.53 Å². The van der Waals surface area contributed by atoms with Gasteiger partial charge in [-0.3, -0.25) is 9.59 Å². The number of hydrogen-bond donors (Lipinski definition) is 0. The fraction of sp³-hybridized carbons (Fsp3) is 0.200. The Labute approximate surface area is 125 Å². The molecule has 3 aromatic rings. The topological polar surface area (TPSA) is 78.5 Å². The Morgan fingerprint density at radius 1 is 1.27 bits per heavy atom. The average molecular weight is 298 g/mol. The first-order chi connectivity index (χ1) is 10.6. The van der Waals surface area contributed by atoms with Gasteiger partial charge in [0.2, 0.25) is 5.78 Å². The van der Waals surface area contributed by atoms with E-state index < -0.39 is 5.97 Å². The number of rotatable bonds is 3. The maximum Gasteiger partial charge on any atom is 0.325 e.